The molecule has 0 spiro atoms. The topological polar surface area (TPSA) is 90.0 Å². The maximum atomic E-state index is 11.6. The molecule has 0 saturated heterocycles. The van der Waals surface area contributed by atoms with E-state index < -0.39 is 17.5 Å². The molecule has 0 aliphatic rings. The molecular weight excluding hydrogens is 256 g/mol. The number of halogens is 1. The summed E-state index contributed by atoms with van der Waals surface area (Å²) in [5.41, 5.74) is 5.23. The van der Waals surface area contributed by atoms with E-state index in [-0.39, 0.29) is 10.9 Å². The molecule has 100 valence electrons. The predicted molar refractivity (Wildman–Crippen MR) is 70.5 cm³/mol. The lowest BCUT2D eigenvalue weighted by molar-refractivity contribution is -0.119. The van der Waals surface area contributed by atoms with E-state index >= 15 is 0 Å². The Hall–Kier alpha value is -1.56. The Bertz CT molecular complexity index is 500. The minimum absolute atomic E-state index is 0.00190. The van der Waals surface area contributed by atoms with Crippen LogP contribution in [0.3, 0.4) is 0 Å². The van der Waals surface area contributed by atoms with Gasteiger partial charge in [0, 0.05) is 7.05 Å². The highest BCUT2D eigenvalue weighted by atomic mass is 35.5. The predicted octanol–water partition coefficient (Wildman–Crippen LogP) is 0.746. The minimum Gasteiger partial charge on any atom is -0.371 e. The van der Waals surface area contributed by atoms with Crippen molar-refractivity contribution in [3.8, 4) is 0 Å². The van der Waals surface area contributed by atoms with E-state index in [1.165, 1.54) is 13.2 Å². The molecule has 1 rings (SSSR count). The maximum Gasteiger partial charge on any atom is 0.287 e. The van der Waals surface area contributed by atoms with Crippen LogP contribution in [-0.4, -0.2) is 21.7 Å². The number of hydrogen-bond donors (Lipinski definition) is 2. The number of aryl methyl sites for hydroxylation is 1. The highest BCUT2D eigenvalue weighted by Crippen LogP contribution is 2.19. The largest absolute Gasteiger partial charge is 0.371 e. The molecule has 18 heavy (non-hydrogen) atoms. The van der Waals surface area contributed by atoms with Crippen LogP contribution in [0.25, 0.3) is 0 Å². The number of nitrogens with one attached hydrogen (secondary N) is 1. The third-order valence-electron chi connectivity index (χ3n) is 2.91. The van der Waals surface area contributed by atoms with Crippen molar-refractivity contribution in [2.45, 2.75) is 26.3 Å². The van der Waals surface area contributed by atoms with E-state index in [0.29, 0.717) is 5.69 Å². The molecule has 6 nitrogen and oxygen atoms in total. The van der Waals surface area contributed by atoms with Crippen molar-refractivity contribution in [3.05, 3.63) is 21.6 Å². The standard InChI is InChI=1S/C11H17ClN4O2/c1-4-6(2)9(10(13)17)15-7-5-14-16(3)11(18)8(7)12/h5-6,9,15H,4H2,1-3H3,(H2,13,17)/t6-,9-/m1/s1. The second-order valence-electron chi connectivity index (χ2n) is 4.21. The summed E-state index contributed by atoms with van der Waals surface area (Å²) < 4.78 is 1.12. The fourth-order valence-electron chi connectivity index (χ4n) is 1.51. The molecule has 0 aliphatic carbocycles. The average Bonchev–Trinajstić information content (AvgIpc) is 2.34. The summed E-state index contributed by atoms with van der Waals surface area (Å²) in [7, 11) is 1.50. The van der Waals surface area contributed by atoms with Gasteiger partial charge in [0.05, 0.1) is 11.9 Å². The zero-order chi connectivity index (χ0) is 13.9. The van der Waals surface area contributed by atoms with Crippen molar-refractivity contribution in [1.29, 1.82) is 0 Å². The third-order valence-corrected chi connectivity index (χ3v) is 3.27. The van der Waals surface area contributed by atoms with Crippen LogP contribution in [0.2, 0.25) is 5.02 Å². The van der Waals surface area contributed by atoms with Gasteiger partial charge in [-0.25, -0.2) is 4.68 Å². The normalized spacial score (nSPS) is 14.0. The molecule has 0 aliphatic heterocycles. The highest BCUT2D eigenvalue weighted by molar-refractivity contribution is 6.33. The van der Waals surface area contributed by atoms with Crippen LogP contribution in [-0.2, 0) is 11.8 Å². The summed E-state index contributed by atoms with van der Waals surface area (Å²) in [6.07, 6.45) is 2.18. The van der Waals surface area contributed by atoms with Gasteiger partial charge in [-0.1, -0.05) is 31.9 Å². The van der Waals surface area contributed by atoms with Gasteiger partial charge < -0.3 is 11.1 Å². The molecule has 0 saturated carbocycles. The SMILES string of the molecule is CC[C@@H](C)[C@@H](Nc1cnn(C)c(=O)c1Cl)C(N)=O. The fourth-order valence-corrected chi connectivity index (χ4v) is 1.73. The number of nitrogens with zero attached hydrogens (tertiary/aromatic N) is 2. The van der Waals surface area contributed by atoms with Crippen LogP contribution >= 0.6 is 11.6 Å². The van der Waals surface area contributed by atoms with Crippen molar-refractivity contribution in [2.24, 2.45) is 18.7 Å². The third kappa shape index (κ3) is 3.01. The Labute approximate surface area is 110 Å². The molecular formula is C11H17ClN4O2. The number of carbonyl (C=O) groups is 1. The van der Waals surface area contributed by atoms with Crippen LogP contribution in [0, 0.1) is 5.92 Å². The quantitative estimate of drug-likeness (QED) is 0.827. The highest BCUT2D eigenvalue weighted by Gasteiger charge is 2.23. The van der Waals surface area contributed by atoms with Gasteiger partial charge >= 0.3 is 0 Å². The Morgan fingerprint density at radius 3 is 2.78 bits per heavy atom. The first-order valence-corrected chi connectivity index (χ1v) is 6.03. The molecule has 2 atom stereocenters. The van der Waals surface area contributed by atoms with Gasteiger partial charge in [0.1, 0.15) is 11.1 Å². The molecule has 1 aromatic heterocycles. The number of aromatic nitrogens is 2. The molecule has 0 unspecified atom stereocenters. The van der Waals surface area contributed by atoms with Crippen molar-refractivity contribution in [3.63, 3.8) is 0 Å². The van der Waals surface area contributed by atoms with Crippen molar-refractivity contribution in [2.75, 3.05) is 5.32 Å². The smallest absolute Gasteiger partial charge is 0.287 e. The zero-order valence-corrected chi connectivity index (χ0v) is 11.4. The van der Waals surface area contributed by atoms with E-state index in [0.717, 1.165) is 11.1 Å². The maximum absolute atomic E-state index is 11.6. The van der Waals surface area contributed by atoms with Gasteiger partial charge in [-0.2, -0.15) is 5.10 Å². The molecule has 1 aromatic rings. The van der Waals surface area contributed by atoms with E-state index in [2.05, 4.69) is 10.4 Å². The number of hydrogen-bond acceptors (Lipinski definition) is 4. The lowest BCUT2D eigenvalue weighted by atomic mass is 9.98. The second kappa shape index (κ2) is 5.86. The molecule has 7 heteroatoms. The summed E-state index contributed by atoms with van der Waals surface area (Å²) in [4.78, 5) is 23.0. The lowest BCUT2D eigenvalue weighted by Gasteiger charge is -2.22. The number of primary amides is 1. The van der Waals surface area contributed by atoms with Crippen LogP contribution in [0.15, 0.2) is 11.0 Å². The summed E-state index contributed by atoms with van der Waals surface area (Å²) >= 11 is 5.91. The molecule has 1 amide bonds. The van der Waals surface area contributed by atoms with Crippen molar-refractivity contribution in [1.82, 2.24) is 9.78 Å². The first kappa shape index (κ1) is 14.5. The van der Waals surface area contributed by atoms with Crippen molar-refractivity contribution < 1.29 is 4.79 Å². The van der Waals surface area contributed by atoms with Crippen LogP contribution in [0.5, 0.6) is 0 Å². The second-order valence-corrected chi connectivity index (χ2v) is 4.59. The van der Waals surface area contributed by atoms with Crippen LogP contribution < -0.4 is 16.6 Å². The Kier molecular flexibility index (Phi) is 4.72. The molecule has 3 N–H and O–H groups in total. The number of carbonyl (C=O) groups excluding carboxylic acids is 1. The number of nitrogens with two attached hydrogens (primary N) is 1. The van der Waals surface area contributed by atoms with Crippen LogP contribution in [0.4, 0.5) is 5.69 Å². The van der Waals surface area contributed by atoms with E-state index in [1.54, 1.807) is 0 Å². The average molecular weight is 273 g/mol. The van der Waals surface area contributed by atoms with Gasteiger partial charge in [-0.15, -0.1) is 0 Å². The first-order chi connectivity index (χ1) is 8.38. The van der Waals surface area contributed by atoms with E-state index in [9.17, 15) is 9.59 Å². The number of rotatable bonds is 5. The Morgan fingerprint density at radius 1 is 1.67 bits per heavy atom. The minimum atomic E-state index is -0.582. The number of amides is 1. The van der Waals surface area contributed by atoms with Gasteiger partial charge in [0.25, 0.3) is 5.56 Å². The van der Waals surface area contributed by atoms with E-state index in [1.807, 2.05) is 13.8 Å². The molecule has 1 heterocycles. The van der Waals surface area contributed by atoms with Crippen LogP contribution in [0.1, 0.15) is 20.3 Å². The van der Waals surface area contributed by atoms with Crippen molar-refractivity contribution >= 4 is 23.2 Å². The zero-order valence-electron chi connectivity index (χ0n) is 10.6. The molecule has 0 radical (unpaired) electrons. The summed E-state index contributed by atoms with van der Waals surface area (Å²) in [6, 6.07) is -0.582. The number of anilines is 1. The summed E-state index contributed by atoms with van der Waals surface area (Å²) in [5, 5.41) is 6.73. The van der Waals surface area contributed by atoms with Gasteiger partial charge in [0.15, 0.2) is 0 Å². The lowest BCUT2D eigenvalue weighted by Crippen LogP contribution is -2.41. The summed E-state index contributed by atoms with van der Waals surface area (Å²) in [6.45, 7) is 3.84. The molecule has 0 bridgehead atoms. The van der Waals surface area contributed by atoms with Gasteiger partial charge in [0.2, 0.25) is 5.91 Å². The molecule has 0 fully saturated rings. The summed E-state index contributed by atoms with van der Waals surface area (Å²) in [5.74, 6) is -0.455. The monoisotopic (exact) mass is 272 g/mol. The van der Waals surface area contributed by atoms with Gasteiger partial charge in [-0.3, -0.25) is 9.59 Å². The fraction of sp³-hybridized carbons (Fsp3) is 0.545. The first-order valence-electron chi connectivity index (χ1n) is 5.66. The Balaban J connectivity index is 3.05. The molecule has 0 aromatic carbocycles. The van der Waals surface area contributed by atoms with Gasteiger partial charge in [-0.05, 0) is 5.92 Å². The Morgan fingerprint density at radius 2 is 2.28 bits per heavy atom. The van der Waals surface area contributed by atoms with E-state index in [4.69, 9.17) is 17.3 Å².